The molecule has 1 aliphatic rings. The van der Waals surface area contributed by atoms with Gasteiger partial charge in [0, 0.05) is 25.6 Å². The van der Waals surface area contributed by atoms with Crippen LogP contribution in [0.4, 0.5) is 0 Å². The molecule has 1 aromatic carbocycles. The van der Waals surface area contributed by atoms with Crippen LogP contribution in [0.15, 0.2) is 36.9 Å². The second kappa shape index (κ2) is 7.25. The van der Waals surface area contributed by atoms with Gasteiger partial charge in [0.2, 0.25) is 5.91 Å². The fourth-order valence-corrected chi connectivity index (χ4v) is 2.81. The number of carbonyl (C=O) groups excluding carboxylic acids is 1. The zero-order valence-corrected chi connectivity index (χ0v) is 12.3. The van der Waals surface area contributed by atoms with Crippen LogP contribution in [0.3, 0.4) is 0 Å². The van der Waals surface area contributed by atoms with Crippen LogP contribution < -0.4 is 5.32 Å². The highest BCUT2D eigenvalue weighted by atomic mass is 16.2. The molecule has 1 fully saturated rings. The van der Waals surface area contributed by atoms with Gasteiger partial charge in [-0.3, -0.25) is 4.79 Å². The molecule has 1 aliphatic heterocycles. The zero-order chi connectivity index (χ0) is 14.4. The SMILES string of the molecule is C=CCN1C(=O)CCC1CCNCc1cccc(C)c1. The summed E-state index contributed by atoms with van der Waals surface area (Å²) in [6.45, 7) is 8.36. The van der Waals surface area contributed by atoms with Gasteiger partial charge in [-0.05, 0) is 31.9 Å². The second-order valence-corrected chi connectivity index (χ2v) is 5.48. The Morgan fingerprint density at radius 3 is 3.10 bits per heavy atom. The third-order valence-corrected chi connectivity index (χ3v) is 3.84. The van der Waals surface area contributed by atoms with Gasteiger partial charge in [0.25, 0.3) is 0 Å². The van der Waals surface area contributed by atoms with E-state index in [0.29, 0.717) is 19.0 Å². The molecule has 3 nitrogen and oxygen atoms in total. The summed E-state index contributed by atoms with van der Waals surface area (Å²) in [6.07, 6.45) is 4.51. The van der Waals surface area contributed by atoms with E-state index >= 15 is 0 Å². The highest BCUT2D eigenvalue weighted by molar-refractivity contribution is 5.78. The maximum absolute atomic E-state index is 11.7. The third-order valence-electron chi connectivity index (χ3n) is 3.84. The van der Waals surface area contributed by atoms with Gasteiger partial charge < -0.3 is 10.2 Å². The predicted molar refractivity (Wildman–Crippen MR) is 82.4 cm³/mol. The van der Waals surface area contributed by atoms with Gasteiger partial charge in [-0.15, -0.1) is 6.58 Å². The Morgan fingerprint density at radius 1 is 1.50 bits per heavy atom. The van der Waals surface area contributed by atoms with Crippen molar-refractivity contribution >= 4 is 5.91 Å². The molecule has 0 aromatic heterocycles. The van der Waals surface area contributed by atoms with Crippen molar-refractivity contribution in [2.24, 2.45) is 0 Å². The minimum Gasteiger partial charge on any atom is -0.336 e. The van der Waals surface area contributed by atoms with E-state index in [1.165, 1.54) is 11.1 Å². The first-order chi connectivity index (χ1) is 9.70. The van der Waals surface area contributed by atoms with E-state index in [4.69, 9.17) is 0 Å². The molecule has 108 valence electrons. The number of likely N-dealkylation sites (tertiary alicyclic amines) is 1. The number of nitrogens with zero attached hydrogens (tertiary/aromatic N) is 1. The average Bonchev–Trinajstić information content (AvgIpc) is 2.77. The number of rotatable bonds is 7. The number of amides is 1. The van der Waals surface area contributed by atoms with Crippen LogP contribution in [0.25, 0.3) is 0 Å². The van der Waals surface area contributed by atoms with Crippen LogP contribution in [-0.4, -0.2) is 29.9 Å². The molecule has 1 N–H and O–H groups in total. The van der Waals surface area contributed by atoms with Gasteiger partial charge in [-0.25, -0.2) is 0 Å². The van der Waals surface area contributed by atoms with Crippen molar-refractivity contribution < 1.29 is 4.79 Å². The normalized spacial score (nSPS) is 18.6. The summed E-state index contributed by atoms with van der Waals surface area (Å²) in [7, 11) is 0. The van der Waals surface area contributed by atoms with Crippen LogP contribution in [0.5, 0.6) is 0 Å². The lowest BCUT2D eigenvalue weighted by Gasteiger charge is -2.23. The maximum atomic E-state index is 11.7. The zero-order valence-electron chi connectivity index (χ0n) is 12.3. The minimum absolute atomic E-state index is 0.272. The number of aryl methyl sites for hydroxylation is 1. The number of nitrogens with one attached hydrogen (secondary N) is 1. The number of benzene rings is 1. The summed E-state index contributed by atoms with van der Waals surface area (Å²) in [5, 5.41) is 3.47. The molecule has 2 rings (SSSR count). The van der Waals surface area contributed by atoms with Crippen molar-refractivity contribution in [2.75, 3.05) is 13.1 Å². The van der Waals surface area contributed by atoms with Gasteiger partial charge in [0.1, 0.15) is 0 Å². The Morgan fingerprint density at radius 2 is 2.35 bits per heavy atom. The van der Waals surface area contributed by atoms with Crippen LogP contribution in [-0.2, 0) is 11.3 Å². The largest absolute Gasteiger partial charge is 0.336 e. The first kappa shape index (κ1) is 14.8. The van der Waals surface area contributed by atoms with Gasteiger partial charge in [-0.2, -0.15) is 0 Å². The second-order valence-electron chi connectivity index (χ2n) is 5.48. The fourth-order valence-electron chi connectivity index (χ4n) is 2.81. The van der Waals surface area contributed by atoms with Gasteiger partial charge in [-0.1, -0.05) is 35.9 Å². The number of hydrogen-bond acceptors (Lipinski definition) is 2. The van der Waals surface area contributed by atoms with E-state index in [1.54, 1.807) is 0 Å². The Kier molecular flexibility index (Phi) is 5.36. The molecule has 0 spiro atoms. The van der Waals surface area contributed by atoms with Crippen molar-refractivity contribution in [3.63, 3.8) is 0 Å². The molecule has 1 aromatic rings. The third kappa shape index (κ3) is 3.94. The van der Waals surface area contributed by atoms with Gasteiger partial charge >= 0.3 is 0 Å². The van der Waals surface area contributed by atoms with Gasteiger partial charge in [0.05, 0.1) is 0 Å². The summed E-state index contributed by atoms with van der Waals surface area (Å²) in [6, 6.07) is 8.93. The van der Waals surface area contributed by atoms with Gasteiger partial charge in [0.15, 0.2) is 0 Å². The van der Waals surface area contributed by atoms with E-state index in [-0.39, 0.29) is 5.91 Å². The van der Waals surface area contributed by atoms with Crippen LogP contribution in [0, 0.1) is 6.92 Å². The fraction of sp³-hybridized carbons (Fsp3) is 0.471. The molecule has 0 radical (unpaired) electrons. The van der Waals surface area contributed by atoms with Crippen LogP contribution >= 0.6 is 0 Å². The molecule has 1 amide bonds. The Hall–Kier alpha value is -1.61. The number of carbonyl (C=O) groups is 1. The lowest BCUT2D eigenvalue weighted by atomic mass is 10.1. The Labute approximate surface area is 121 Å². The molecule has 1 heterocycles. The monoisotopic (exact) mass is 272 g/mol. The summed E-state index contributed by atoms with van der Waals surface area (Å²) in [5.74, 6) is 0.272. The van der Waals surface area contributed by atoms with E-state index in [9.17, 15) is 4.79 Å². The van der Waals surface area contributed by atoms with Crippen molar-refractivity contribution in [2.45, 2.75) is 38.8 Å². The van der Waals surface area contributed by atoms with Crippen LogP contribution in [0.2, 0.25) is 0 Å². The smallest absolute Gasteiger partial charge is 0.223 e. The van der Waals surface area contributed by atoms with Crippen molar-refractivity contribution in [1.82, 2.24) is 10.2 Å². The maximum Gasteiger partial charge on any atom is 0.223 e. The molecule has 3 heteroatoms. The first-order valence-corrected chi connectivity index (χ1v) is 7.37. The lowest BCUT2D eigenvalue weighted by molar-refractivity contribution is -0.128. The highest BCUT2D eigenvalue weighted by Crippen LogP contribution is 2.20. The van der Waals surface area contributed by atoms with E-state index in [2.05, 4.69) is 43.1 Å². The summed E-state index contributed by atoms with van der Waals surface area (Å²) >= 11 is 0. The molecule has 20 heavy (non-hydrogen) atoms. The number of hydrogen-bond donors (Lipinski definition) is 1. The molecular formula is C17H24N2O. The molecule has 1 unspecified atom stereocenters. The van der Waals surface area contributed by atoms with Crippen molar-refractivity contribution in [3.8, 4) is 0 Å². The van der Waals surface area contributed by atoms with E-state index in [1.807, 2.05) is 11.0 Å². The van der Waals surface area contributed by atoms with E-state index < -0.39 is 0 Å². The Bertz CT molecular complexity index is 470. The molecule has 1 saturated heterocycles. The highest BCUT2D eigenvalue weighted by Gasteiger charge is 2.29. The summed E-state index contributed by atoms with van der Waals surface area (Å²) in [5.41, 5.74) is 2.61. The van der Waals surface area contributed by atoms with Crippen molar-refractivity contribution in [1.29, 1.82) is 0 Å². The average molecular weight is 272 g/mol. The predicted octanol–water partition coefficient (Wildman–Crippen LogP) is 2.65. The van der Waals surface area contributed by atoms with E-state index in [0.717, 1.165) is 25.9 Å². The standard InChI is InChI=1S/C17H24N2O/c1-3-11-19-16(7-8-17(19)20)9-10-18-13-15-6-4-5-14(2)12-15/h3-6,12,16,18H,1,7-11,13H2,2H3. The quantitative estimate of drug-likeness (QED) is 0.611. The topological polar surface area (TPSA) is 32.3 Å². The van der Waals surface area contributed by atoms with Crippen LogP contribution in [0.1, 0.15) is 30.4 Å². The molecular weight excluding hydrogens is 248 g/mol. The minimum atomic E-state index is 0.272. The molecule has 0 bridgehead atoms. The molecule has 0 saturated carbocycles. The lowest BCUT2D eigenvalue weighted by Crippen LogP contribution is -2.35. The molecule has 1 atom stereocenters. The summed E-state index contributed by atoms with van der Waals surface area (Å²) < 4.78 is 0. The summed E-state index contributed by atoms with van der Waals surface area (Å²) in [4.78, 5) is 13.7. The molecule has 0 aliphatic carbocycles. The first-order valence-electron chi connectivity index (χ1n) is 7.37. The van der Waals surface area contributed by atoms with Crippen molar-refractivity contribution in [3.05, 3.63) is 48.0 Å². The Balaban J connectivity index is 1.73.